The summed E-state index contributed by atoms with van der Waals surface area (Å²) in [5, 5.41) is 3.98. The maximum absolute atomic E-state index is 6.06. The molecule has 0 radical (unpaired) electrons. The smallest absolute Gasteiger partial charge is 0.127 e. The first kappa shape index (κ1) is 12.0. The van der Waals surface area contributed by atoms with Gasteiger partial charge in [-0.15, -0.1) is 0 Å². The minimum absolute atomic E-state index is 0.0233. The van der Waals surface area contributed by atoms with Crippen molar-refractivity contribution in [2.45, 2.75) is 44.2 Å². The maximum atomic E-state index is 6.06. The van der Waals surface area contributed by atoms with Crippen LogP contribution in [-0.2, 0) is 4.84 Å². The fourth-order valence-electron chi connectivity index (χ4n) is 1.98. The third kappa shape index (κ3) is 3.82. The second-order valence-corrected chi connectivity index (χ2v) is 4.95. The Morgan fingerprint density at radius 2 is 2.24 bits per heavy atom. The number of nitrogens with zero attached hydrogens (tertiary/aromatic N) is 2. The van der Waals surface area contributed by atoms with Gasteiger partial charge in [0.25, 0.3) is 0 Å². The number of hydrogen-bond acceptors (Lipinski definition) is 4. The predicted molar refractivity (Wildman–Crippen MR) is 67.8 cm³/mol. The van der Waals surface area contributed by atoms with Crippen LogP contribution in [0.4, 0.5) is 0 Å². The van der Waals surface area contributed by atoms with Gasteiger partial charge in [-0.1, -0.05) is 11.2 Å². The minimum atomic E-state index is -0.0233. The third-order valence-corrected chi connectivity index (χ3v) is 3.16. The molecule has 1 aromatic heterocycles. The van der Waals surface area contributed by atoms with E-state index >= 15 is 0 Å². The SMILES string of the molecule is CC1(N)CCC(O/N=C/c2ccccn2)CC1. The Morgan fingerprint density at radius 1 is 1.47 bits per heavy atom. The van der Waals surface area contributed by atoms with Gasteiger partial charge in [0, 0.05) is 11.7 Å². The van der Waals surface area contributed by atoms with E-state index in [9.17, 15) is 0 Å². The van der Waals surface area contributed by atoms with Gasteiger partial charge < -0.3 is 10.6 Å². The van der Waals surface area contributed by atoms with E-state index in [1.54, 1.807) is 12.4 Å². The second kappa shape index (κ2) is 5.27. The Hall–Kier alpha value is -1.42. The summed E-state index contributed by atoms with van der Waals surface area (Å²) >= 11 is 0. The highest BCUT2D eigenvalue weighted by atomic mass is 16.6. The molecule has 0 aromatic carbocycles. The number of pyridine rings is 1. The highest BCUT2D eigenvalue weighted by Gasteiger charge is 2.28. The summed E-state index contributed by atoms with van der Waals surface area (Å²) in [6.07, 6.45) is 7.54. The Kier molecular flexibility index (Phi) is 3.74. The van der Waals surface area contributed by atoms with E-state index in [1.807, 2.05) is 18.2 Å². The topological polar surface area (TPSA) is 60.5 Å². The standard InChI is InChI=1S/C13H19N3O/c1-13(14)7-5-12(6-8-13)17-16-10-11-4-2-3-9-15-11/h2-4,9-10,12H,5-8,14H2,1H3/b16-10+. The maximum Gasteiger partial charge on any atom is 0.127 e. The lowest BCUT2D eigenvalue weighted by atomic mass is 9.83. The number of nitrogens with two attached hydrogens (primary N) is 1. The quantitative estimate of drug-likeness (QED) is 0.642. The van der Waals surface area contributed by atoms with Gasteiger partial charge >= 0.3 is 0 Å². The molecule has 0 amide bonds. The summed E-state index contributed by atoms with van der Waals surface area (Å²) in [6, 6.07) is 5.70. The highest BCUT2D eigenvalue weighted by molar-refractivity contribution is 5.76. The van der Waals surface area contributed by atoms with Crippen LogP contribution in [0.1, 0.15) is 38.3 Å². The molecule has 1 aromatic rings. The van der Waals surface area contributed by atoms with Gasteiger partial charge in [0.15, 0.2) is 0 Å². The van der Waals surface area contributed by atoms with Crippen LogP contribution < -0.4 is 5.73 Å². The molecule has 4 nitrogen and oxygen atoms in total. The molecule has 0 spiro atoms. The first-order chi connectivity index (χ1) is 8.16. The average molecular weight is 233 g/mol. The Balaban J connectivity index is 1.78. The minimum Gasteiger partial charge on any atom is -0.392 e. The summed E-state index contributed by atoms with van der Waals surface area (Å²) in [5.74, 6) is 0. The molecule has 2 N–H and O–H groups in total. The molecule has 0 bridgehead atoms. The van der Waals surface area contributed by atoms with Gasteiger partial charge in [-0.3, -0.25) is 4.98 Å². The van der Waals surface area contributed by atoms with E-state index in [0.717, 1.165) is 31.4 Å². The molecule has 4 heteroatoms. The molecule has 1 saturated carbocycles. The third-order valence-electron chi connectivity index (χ3n) is 3.16. The molecule has 1 fully saturated rings. The average Bonchev–Trinajstić information content (AvgIpc) is 2.33. The number of aromatic nitrogens is 1. The predicted octanol–water partition coefficient (Wildman–Crippen LogP) is 2.09. The zero-order valence-corrected chi connectivity index (χ0v) is 10.2. The molecule has 17 heavy (non-hydrogen) atoms. The van der Waals surface area contributed by atoms with Crippen LogP contribution in [0.2, 0.25) is 0 Å². The molecular weight excluding hydrogens is 214 g/mol. The molecule has 1 aliphatic carbocycles. The largest absolute Gasteiger partial charge is 0.392 e. The second-order valence-electron chi connectivity index (χ2n) is 4.95. The van der Waals surface area contributed by atoms with Crippen LogP contribution in [0.15, 0.2) is 29.6 Å². The van der Waals surface area contributed by atoms with Crippen molar-refractivity contribution in [1.82, 2.24) is 4.98 Å². The number of hydrogen-bond donors (Lipinski definition) is 1. The normalized spacial score (nSPS) is 29.4. The van der Waals surface area contributed by atoms with Gasteiger partial charge in [-0.25, -0.2) is 0 Å². The summed E-state index contributed by atoms with van der Waals surface area (Å²) < 4.78 is 0. The van der Waals surface area contributed by atoms with Crippen LogP contribution in [-0.4, -0.2) is 22.8 Å². The summed E-state index contributed by atoms with van der Waals surface area (Å²) in [4.78, 5) is 9.59. The van der Waals surface area contributed by atoms with Crippen molar-refractivity contribution in [3.63, 3.8) is 0 Å². The van der Waals surface area contributed by atoms with Crippen molar-refractivity contribution in [3.8, 4) is 0 Å². The number of rotatable bonds is 3. The van der Waals surface area contributed by atoms with E-state index < -0.39 is 0 Å². The van der Waals surface area contributed by atoms with Crippen LogP contribution in [0.5, 0.6) is 0 Å². The lowest BCUT2D eigenvalue weighted by Gasteiger charge is -2.32. The van der Waals surface area contributed by atoms with E-state index in [4.69, 9.17) is 10.6 Å². The first-order valence-corrected chi connectivity index (χ1v) is 6.05. The van der Waals surface area contributed by atoms with E-state index in [1.165, 1.54) is 0 Å². The van der Waals surface area contributed by atoms with Crippen LogP contribution in [0.25, 0.3) is 0 Å². The van der Waals surface area contributed by atoms with Crippen molar-refractivity contribution in [1.29, 1.82) is 0 Å². The van der Waals surface area contributed by atoms with Gasteiger partial charge in [0.1, 0.15) is 6.10 Å². The Labute approximate surface area is 102 Å². The monoisotopic (exact) mass is 233 g/mol. The molecule has 0 saturated heterocycles. The van der Waals surface area contributed by atoms with Crippen molar-refractivity contribution in [3.05, 3.63) is 30.1 Å². The Morgan fingerprint density at radius 3 is 2.88 bits per heavy atom. The summed E-state index contributed by atoms with van der Waals surface area (Å²) in [7, 11) is 0. The fourth-order valence-corrected chi connectivity index (χ4v) is 1.98. The van der Waals surface area contributed by atoms with Gasteiger partial charge in [0.2, 0.25) is 0 Å². The van der Waals surface area contributed by atoms with E-state index in [-0.39, 0.29) is 11.6 Å². The lowest BCUT2D eigenvalue weighted by Crippen LogP contribution is -2.41. The zero-order valence-electron chi connectivity index (χ0n) is 10.2. The van der Waals surface area contributed by atoms with Crippen LogP contribution >= 0.6 is 0 Å². The van der Waals surface area contributed by atoms with E-state index in [0.29, 0.717) is 0 Å². The van der Waals surface area contributed by atoms with Gasteiger partial charge in [-0.05, 0) is 44.7 Å². The van der Waals surface area contributed by atoms with Crippen molar-refractivity contribution >= 4 is 6.21 Å². The van der Waals surface area contributed by atoms with Crippen LogP contribution in [0.3, 0.4) is 0 Å². The highest BCUT2D eigenvalue weighted by Crippen LogP contribution is 2.27. The molecule has 1 heterocycles. The molecule has 0 unspecified atom stereocenters. The van der Waals surface area contributed by atoms with Crippen LogP contribution in [0, 0.1) is 0 Å². The molecule has 92 valence electrons. The van der Waals surface area contributed by atoms with Crippen molar-refractivity contribution in [2.75, 3.05) is 0 Å². The zero-order chi connectivity index (χ0) is 12.1. The molecule has 2 rings (SSSR count). The fraction of sp³-hybridized carbons (Fsp3) is 0.538. The molecular formula is C13H19N3O. The molecule has 0 atom stereocenters. The lowest BCUT2D eigenvalue weighted by molar-refractivity contribution is 0.0202. The first-order valence-electron chi connectivity index (χ1n) is 6.05. The summed E-state index contributed by atoms with van der Waals surface area (Å²) in [6.45, 7) is 2.10. The Bertz CT molecular complexity index is 366. The van der Waals surface area contributed by atoms with Gasteiger partial charge in [-0.2, -0.15) is 0 Å². The van der Waals surface area contributed by atoms with Crippen molar-refractivity contribution in [2.24, 2.45) is 10.9 Å². The van der Waals surface area contributed by atoms with E-state index in [2.05, 4.69) is 17.1 Å². The van der Waals surface area contributed by atoms with Gasteiger partial charge in [0.05, 0.1) is 11.9 Å². The summed E-state index contributed by atoms with van der Waals surface area (Å²) in [5.41, 5.74) is 6.84. The number of oxime groups is 1. The van der Waals surface area contributed by atoms with Crippen molar-refractivity contribution < 1.29 is 4.84 Å². The molecule has 0 aliphatic heterocycles. The molecule has 1 aliphatic rings.